The van der Waals surface area contributed by atoms with Crippen LogP contribution in [0.1, 0.15) is 52.0 Å². The van der Waals surface area contributed by atoms with Gasteiger partial charge in [0, 0.05) is 5.56 Å². The SMILES string of the molecule is CCCCC(CC)C(=O)O.CC[N+](C)=Cc1ccccc1. The Morgan fingerprint density at radius 3 is 2.29 bits per heavy atom. The van der Waals surface area contributed by atoms with Crippen LogP contribution in [0, 0.1) is 5.92 Å². The minimum Gasteiger partial charge on any atom is -0.481 e. The molecule has 0 fully saturated rings. The van der Waals surface area contributed by atoms with Crippen molar-refractivity contribution in [2.75, 3.05) is 13.6 Å². The van der Waals surface area contributed by atoms with Gasteiger partial charge in [0.2, 0.25) is 0 Å². The van der Waals surface area contributed by atoms with Gasteiger partial charge in [-0.3, -0.25) is 4.79 Å². The van der Waals surface area contributed by atoms with Gasteiger partial charge in [0.05, 0.1) is 5.92 Å². The molecule has 21 heavy (non-hydrogen) atoms. The maximum absolute atomic E-state index is 10.4. The Kier molecular flexibility index (Phi) is 11.2. The van der Waals surface area contributed by atoms with Gasteiger partial charge in [-0.2, -0.15) is 0 Å². The van der Waals surface area contributed by atoms with Gasteiger partial charge in [0.25, 0.3) is 0 Å². The smallest absolute Gasteiger partial charge is 0.306 e. The van der Waals surface area contributed by atoms with E-state index in [2.05, 4.69) is 56.0 Å². The Labute approximate surface area is 129 Å². The number of carboxylic acid groups (broad SMARTS) is 1. The number of carbonyl (C=O) groups is 1. The van der Waals surface area contributed by atoms with Crippen LogP contribution in [0.15, 0.2) is 30.3 Å². The first-order valence-corrected chi connectivity index (χ1v) is 7.88. The second kappa shape index (κ2) is 12.1. The van der Waals surface area contributed by atoms with Crippen molar-refractivity contribution in [1.29, 1.82) is 0 Å². The summed E-state index contributed by atoms with van der Waals surface area (Å²) < 4.78 is 2.16. The Morgan fingerprint density at radius 1 is 1.24 bits per heavy atom. The molecule has 0 aliphatic rings. The summed E-state index contributed by atoms with van der Waals surface area (Å²) in [6.07, 6.45) is 5.85. The average molecular weight is 292 g/mol. The molecule has 0 heterocycles. The standard InChI is InChI=1S/C10H14N.C8H16O2/c1-3-11(2)9-10-7-5-4-6-8-10;1-3-5-6-7(4-2)8(9)10/h4-9H,3H2,1-2H3;7H,3-6H2,1-2H3,(H,9,10)/q+1;. The van der Waals surface area contributed by atoms with Crippen LogP contribution >= 0.6 is 0 Å². The fourth-order valence-corrected chi connectivity index (χ4v) is 1.84. The molecule has 0 radical (unpaired) electrons. The quantitative estimate of drug-likeness (QED) is 0.608. The second-order valence-corrected chi connectivity index (χ2v) is 5.20. The van der Waals surface area contributed by atoms with Crippen molar-refractivity contribution in [1.82, 2.24) is 0 Å². The lowest BCUT2D eigenvalue weighted by Gasteiger charge is -2.06. The third-order valence-electron chi connectivity index (χ3n) is 3.42. The summed E-state index contributed by atoms with van der Waals surface area (Å²) in [5.41, 5.74) is 1.26. The Bertz CT molecular complexity index is 412. The molecular formula is C18H30NO2+. The Balaban J connectivity index is 0.000000384. The van der Waals surface area contributed by atoms with Crippen LogP contribution in [0.4, 0.5) is 0 Å². The lowest BCUT2D eigenvalue weighted by Crippen LogP contribution is -2.11. The molecule has 0 amide bonds. The van der Waals surface area contributed by atoms with Crippen LogP contribution in [0.5, 0.6) is 0 Å². The van der Waals surface area contributed by atoms with E-state index in [9.17, 15) is 4.79 Å². The van der Waals surface area contributed by atoms with E-state index >= 15 is 0 Å². The van der Waals surface area contributed by atoms with Crippen LogP contribution in [0.3, 0.4) is 0 Å². The van der Waals surface area contributed by atoms with E-state index in [1.54, 1.807) is 0 Å². The summed E-state index contributed by atoms with van der Waals surface area (Å²) in [5.74, 6) is -0.754. The molecule has 1 unspecified atom stereocenters. The number of unbranched alkanes of at least 4 members (excludes halogenated alkanes) is 1. The molecule has 1 aromatic carbocycles. The summed E-state index contributed by atoms with van der Waals surface area (Å²) in [7, 11) is 2.08. The molecule has 1 N–H and O–H groups in total. The molecule has 0 aromatic heterocycles. The highest BCUT2D eigenvalue weighted by atomic mass is 16.4. The number of carboxylic acids is 1. The molecular weight excluding hydrogens is 262 g/mol. The first-order valence-electron chi connectivity index (χ1n) is 7.88. The fraction of sp³-hybridized carbons (Fsp3) is 0.556. The van der Waals surface area contributed by atoms with Gasteiger partial charge < -0.3 is 5.11 Å². The zero-order valence-electron chi connectivity index (χ0n) is 13.9. The van der Waals surface area contributed by atoms with E-state index in [0.717, 1.165) is 32.2 Å². The monoisotopic (exact) mass is 292 g/mol. The molecule has 3 heteroatoms. The molecule has 3 nitrogen and oxygen atoms in total. The summed E-state index contributed by atoms with van der Waals surface area (Å²) in [5, 5.41) is 8.60. The highest BCUT2D eigenvalue weighted by Crippen LogP contribution is 2.11. The largest absolute Gasteiger partial charge is 0.481 e. The molecule has 1 rings (SSSR count). The second-order valence-electron chi connectivity index (χ2n) is 5.20. The number of benzene rings is 1. The van der Waals surface area contributed by atoms with Gasteiger partial charge in [0.15, 0.2) is 6.21 Å². The van der Waals surface area contributed by atoms with Gasteiger partial charge in [0.1, 0.15) is 13.6 Å². The molecule has 0 saturated heterocycles. The minimum absolute atomic E-state index is 0.111. The lowest BCUT2D eigenvalue weighted by molar-refractivity contribution is -0.488. The van der Waals surface area contributed by atoms with E-state index in [1.165, 1.54) is 5.56 Å². The molecule has 0 bridgehead atoms. The number of hydrogen-bond acceptors (Lipinski definition) is 1. The zero-order valence-corrected chi connectivity index (χ0v) is 13.9. The van der Waals surface area contributed by atoms with E-state index in [1.807, 2.05) is 13.0 Å². The van der Waals surface area contributed by atoms with Crippen molar-refractivity contribution >= 4 is 12.2 Å². The van der Waals surface area contributed by atoms with Gasteiger partial charge in [-0.25, -0.2) is 4.58 Å². The van der Waals surface area contributed by atoms with E-state index in [-0.39, 0.29) is 5.92 Å². The minimum atomic E-state index is -0.643. The van der Waals surface area contributed by atoms with Crippen LogP contribution in [0.25, 0.3) is 0 Å². The number of hydrogen-bond donors (Lipinski definition) is 1. The first-order chi connectivity index (χ1) is 10.0. The predicted octanol–water partition coefficient (Wildman–Crippen LogP) is 4.06. The highest BCUT2D eigenvalue weighted by molar-refractivity contribution is 5.75. The zero-order chi connectivity index (χ0) is 16.1. The maximum atomic E-state index is 10.4. The molecule has 0 spiro atoms. The van der Waals surface area contributed by atoms with Gasteiger partial charge >= 0.3 is 5.97 Å². The van der Waals surface area contributed by atoms with Crippen LogP contribution < -0.4 is 0 Å². The van der Waals surface area contributed by atoms with Gasteiger partial charge in [-0.05, 0) is 31.9 Å². The topological polar surface area (TPSA) is 40.3 Å². The molecule has 0 aliphatic carbocycles. The van der Waals surface area contributed by atoms with Crippen LogP contribution in [-0.4, -0.2) is 35.5 Å². The van der Waals surface area contributed by atoms with Crippen LogP contribution in [0.2, 0.25) is 0 Å². The molecule has 0 aliphatic heterocycles. The Hall–Kier alpha value is -1.64. The Morgan fingerprint density at radius 2 is 1.86 bits per heavy atom. The van der Waals surface area contributed by atoms with Crippen molar-refractivity contribution in [2.24, 2.45) is 5.92 Å². The fourth-order valence-electron chi connectivity index (χ4n) is 1.84. The van der Waals surface area contributed by atoms with Crippen LogP contribution in [-0.2, 0) is 4.79 Å². The summed E-state index contributed by atoms with van der Waals surface area (Å²) >= 11 is 0. The number of aliphatic carboxylic acids is 1. The average Bonchev–Trinajstić information content (AvgIpc) is 2.49. The van der Waals surface area contributed by atoms with Crippen molar-refractivity contribution in [2.45, 2.75) is 46.5 Å². The maximum Gasteiger partial charge on any atom is 0.306 e. The molecule has 1 aromatic rings. The first kappa shape index (κ1) is 19.4. The van der Waals surface area contributed by atoms with E-state index in [0.29, 0.717) is 0 Å². The molecule has 1 atom stereocenters. The summed E-state index contributed by atoms with van der Waals surface area (Å²) in [6.45, 7) is 7.19. The van der Waals surface area contributed by atoms with Crippen molar-refractivity contribution in [3.05, 3.63) is 35.9 Å². The summed E-state index contributed by atoms with van der Waals surface area (Å²) in [6, 6.07) is 10.3. The third kappa shape index (κ3) is 9.83. The van der Waals surface area contributed by atoms with Gasteiger partial charge in [-0.1, -0.05) is 44.9 Å². The molecule has 118 valence electrons. The van der Waals surface area contributed by atoms with E-state index in [4.69, 9.17) is 5.11 Å². The number of nitrogens with zero attached hydrogens (tertiary/aromatic N) is 1. The normalized spacial score (nSPS) is 12.3. The highest BCUT2D eigenvalue weighted by Gasteiger charge is 2.12. The van der Waals surface area contributed by atoms with E-state index < -0.39 is 5.97 Å². The molecule has 0 saturated carbocycles. The summed E-state index contributed by atoms with van der Waals surface area (Å²) in [4.78, 5) is 10.4. The van der Waals surface area contributed by atoms with Crippen molar-refractivity contribution in [3.8, 4) is 0 Å². The lowest BCUT2D eigenvalue weighted by atomic mass is 10.00. The van der Waals surface area contributed by atoms with Gasteiger partial charge in [-0.15, -0.1) is 0 Å². The third-order valence-corrected chi connectivity index (χ3v) is 3.42. The number of rotatable bonds is 7. The van der Waals surface area contributed by atoms with Crippen molar-refractivity contribution in [3.63, 3.8) is 0 Å². The van der Waals surface area contributed by atoms with Crippen molar-refractivity contribution < 1.29 is 14.5 Å². The predicted molar refractivity (Wildman–Crippen MR) is 89.3 cm³/mol.